The molecule has 0 spiro atoms. The average Bonchev–Trinajstić information content (AvgIpc) is 2.57. The average molecular weight is 254 g/mol. The van der Waals surface area contributed by atoms with Crippen LogP contribution >= 0.6 is 11.3 Å². The summed E-state index contributed by atoms with van der Waals surface area (Å²) in [5.41, 5.74) is 0.847. The molecule has 0 aliphatic carbocycles. The van der Waals surface area contributed by atoms with E-state index >= 15 is 0 Å². The standard InChI is InChI=1S/C11H10O5S/c1-5(10(13)14)2-6-3-8-9(4-7(6)12)17-11(15)16-8/h3-5,12H,2H2,1H3,(H,13,14). The van der Waals surface area contributed by atoms with Crippen molar-refractivity contribution in [2.45, 2.75) is 13.3 Å². The molecule has 0 aliphatic heterocycles. The third-order valence-electron chi connectivity index (χ3n) is 2.48. The summed E-state index contributed by atoms with van der Waals surface area (Å²) in [6.45, 7) is 1.55. The van der Waals surface area contributed by atoms with Crippen molar-refractivity contribution < 1.29 is 19.4 Å². The molecule has 0 saturated heterocycles. The van der Waals surface area contributed by atoms with Crippen LogP contribution in [0.5, 0.6) is 5.75 Å². The zero-order valence-corrected chi connectivity index (χ0v) is 9.78. The number of phenolic OH excluding ortho intramolecular Hbond substituents is 1. The second-order valence-electron chi connectivity index (χ2n) is 3.83. The molecule has 2 rings (SSSR count). The van der Waals surface area contributed by atoms with Gasteiger partial charge in [-0.15, -0.1) is 0 Å². The Bertz CT molecular complexity index is 624. The molecule has 0 fully saturated rings. The number of carbonyl (C=O) groups is 1. The van der Waals surface area contributed by atoms with Crippen LogP contribution in [-0.2, 0) is 11.2 Å². The van der Waals surface area contributed by atoms with E-state index in [2.05, 4.69) is 0 Å². The van der Waals surface area contributed by atoms with Crippen molar-refractivity contribution in [3.05, 3.63) is 27.4 Å². The van der Waals surface area contributed by atoms with E-state index in [0.717, 1.165) is 11.3 Å². The van der Waals surface area contributed by atoms with Crippen LogP contribution in [0.15, 0.2) is 21.3 Å². The number of carboxylic acids is 1. The second-order valence-corrected chi connectivity index (χ2v) is 4.80. The first kappa shape index (κ1) is 11.7. The Hall–Kier alpha value is -1.82. The summed E-state index contributed by atoms with van der Waals surface area (Å²) in [6.07, 6.45) is 0.191. The highest BCUT2D eigenvalue weighted by molar-refractivity contribution is 7.16. The van der Waals surface area contributed by atoms with Crippen LogP contribution < -0.4 is 4.94 Å². The molecule has 1 atom stereocenters. The molecule has 2 N–H and O–H groups in total. The van der Waals surface area contributed by atoms with Crippen molar-refractivity contribution in [3.63, 3.8) is 0 Å². The van der Waals surface area contributed by atoms with Gasteiger partial charge in [0.2, 0.25) is 0 Å². The lowest BCUT2D eigenvalue weighted by molar-refractivity contribution is -0.141. The summed E-state index contributed by atoms with van der Waals surface area (Å²) < 4.78 is 5.46. The first-order chi connectivity index (χ1) is 7.97. The van der Waals surface area contributed by atoms with Crippen LogP contribution in [0.3, 0.4) is 0 Å². The molecule has 0 amide bonds. The first-order valence-electron chi connectivity index (χ1n) is 4.95. The molecule has 1 aromatic heterocycles. The Balaban J connectivity index is 2.43. The fraction of sp³-hybridized carbons (Fsp3) is 0.273. The summed E-state index contributed by atoms with van der Waals surface area (Å²) in [4.78, 5) is 21.3. The number of hydrogen-bond acceptors (Lipinski definition) is 5. The molecule has 0 aliphatic rings. The van der Waals surface area contributed by atoms with E-state index in [1.54, 1.807) is 6.92 Å². The van der Waals surface area contributed by atoms with E-state index in [1.165, 1.54) is 12.1 Å². The Labute approximate surface area is 99.9 Å². The van der Waals surface area contributed by atoms with Gasteiger partial charge in [0, 0.05) is 6.07 Å². The number of hydrogen-bond donors (Lipinski definition) is 2. The van der Waals surface area contributed by atoms with Crippen LogP contribution in [0.1, 0.15) is 12.5 Å². The molecule has 1 heterocycles. The van der Waals surface area contributed by atoms with Crippen LogP contribution in [0, 0.1) is 5.92 Å². The smallest absolute Gasteiger partial charge is 0.396 e. The Kier molecular flexibility index (Phi) is 2.89. The molecule has 1 unspecified atom stereocenters. The largest absolute Gasteiger partial charge is 0.508 e. The van der Waals surface area contributed by atoms with Gasteiger partial charge in [-0.1, -0.05) is 18.3 Å². The quantitative estimate of drug-likeness (QED) is 0.872. The van der Waals surface area contributed by atoms with E-state index in [4.69, 9.17) is 9.52 Å². The normalized spacial score (nSPS) is 12.8. The summed E-state index contributed by atoms with van der Waals surface area (Å²) in [7, 11) is 0. The van der Waals surface area contributed by atoms with Crippen molar-refractivity contribution in [2.24, 2.45) is 5.92 Å². The SMILES string of the molecule is CC(Cc1cc2oc(=O)sc2cc1O)C(=O)O. The number of aromatic hydroxyl groups is 1. The number of rotatable bonds is 3. The van der Waals surface area contributed by atoms with Gasteiger partial charge in [0.05, 0.1) is 10.6 Å². The van der Waals surface area contributed by atoms with Gasteiger partial charge in [0.1, 0.15) is 11.3 Å². The van der Waals surface area contributed by atoms with Crippen LogP contribution in [-0.4, -0.2) is 16.2 Å². The van der Waals surface area contributed by atoms with Gasteiger partial charge in [-0.25, -0.2) is 4.79 Å². The minimum atomic E-state index is -0.934. The third kappa shape index (κ3) is 2.31. The topological polar surface area (TPSA) is 87.7 Å². The summed E-state index contributed by atoms with van der Waals surface area (Å²) >= 11 is 0.902. The van der Waals surface area contributed by atoms with Crippen LogP contribution in [0.2, 0.25) is 0 Å². The lowest BCUT2D eigenvalue weighted by Crippen LogP contribution is -2.12. The summed E-state index contributed by atoms with van der Waals surface area (Å²) in [5.74, 6) is -1.55. The molecule has 6 heteroatoms. The fourth-order valence-corrected chi connectivity index (χ4v) is 2.21. The van der Waals surface area contributed by atoms with Crippen molar-refractivity contribution in [3.8, 4) is 5.75 Å². The summed E-state index contributed by atoms with van der Waals surface area (Å²) in [5, 5.41) is 18.5. The highest BCUT2D eigenvalue weighted by atomic mass is 32.1. The Morgan fingerprint density at radius 2 is 2.24 bits per heavy atom. The molecule has 1 aromatic carbocycles. The number of phenols is 1. The zero-order chi connectivity index (χ0) is 12.6. The molecule has 0 bridgehead atoms. The van der Waals surface area contributed by atoms with Crippen LogP contribution in [0.4, 0.5) is 0 Å². The van der Waals surface area contributed by atoms with Gasteiger partial charge in [0.15, 0.2) is 0 Å². The van der Waals surface area contributed by atoms with Gasteiger partial charge in [-0.2, -0.15) is 0 Å². The van der Waals surface area contributed by atoms with Gasteiger partial charge in [-0.3, -0.25) is 4.79 Å². The third-order valence-corrected chi connectivity index (χ3v) is 3.27. The number of benzene rings is 1. The van der Waals surface area contributed by atoms with Crippen molar-refractivity contribution in [2.75, 3.05) is 0 Å². The predicted molar refractivity (Wildman–Crippen MR) is 62.5 cm³/mol. The monoisotopic (exact) mass is 254 g/mol. The van der Waals surface area contributed by atoms with Crippen LogP contribution in [0.25, 0.3) is 10.3 Å². The van der Waals surface area contributed by atoms with E-state index in [0.29, 0.717) is 15.8 Å². The molecule has 90 valence electrons. The van der Waals surface area contributed by atoms with E-state index in [1.807, 2.05) is 0 Å². The maximum absolute atomic E-state index is 11.0. The maximum atomic E-state index is 11.0. The molecule has 17 heavy (non-hydrogen) atoms. The number of fused-ring (bicyclic) bond motifs is 1. The van der Waals surface area contributed by atoms with E-state index < -0.39 is 16.8 Å². The molecular formula is C11H10O5S. The highest BCUT2D eigenvalue weighted by Crippen LogP contribution is 2.28. The van der Waals surface area contributed by atoms with Crippen molar-refractivity contribution in [1.29, 1.82) is 0 Å². The molecule has 2 aromatic rings. The fourth-order valence-electron chi connectivity index (χ4n) is 1.53. The highest BCUT2D eigenvalue weighted by Gasteiger charge is 2.16. The van der Waals surface area contributed by atoms with Gasteiger partial charge >= 0.3 is 10.9 Å². The second kappa shape index (κ2) is 4.21. The lowest BCUT2D eigenvalue weighted by atomic mass is 10.0. The molecular weight excluding hydrogens is 244 g/mol. The number of aliphatic carboxylic acids is 1. The molecule has 0 saturated carbocycles. The maximum Gasteiger partial charge on any atom is 0.396 e. The number of carboxylic acid groups (broad SMARTS) is 1. The Morgan fingerprint density at radius 1 is 1.53 bits per heavy atom. The zero-order valence-electron chi connectivity index (χ0n) is 8.97. The minimum absolute atomic E-state index is 0.0114. The van der Waals surface area contributed by atoms with E-state index in [9.17, 15) is 14.7 Å². The first-order valence-corrected chi connectivity index (χ1v) is 5.77. The Morgan fingerprint density at radius 3 is 2.88 bits per heavy atom. The minimum Gasteiger partial charge on any atom is -0.508 e. The molecule has 5 nitrogen and oxygen atoms in total. The van der Waals surface area contributed by atoms with E-state index in [-0.39, 0.29) is 12.2 Å². The van der Waals surface area contributed by atoms with Gasteiger partial charge in [0.25, 0.3) is 0 Å². The lowest BCUT2D eigenvalue weighted by Gasteiger charge is -2.07. The van der Waals surface area contributed by atoms with Crippen molar-refractivity contribution >= 4 is 27.6 Å². The van der Waals surface area contributed by atoms with Crippen molar-refractivity contribution in [1.82, 2.24) is 0 Å². The van der Waals surface area contributed by atoms with Gasteiger partial charge < -0.3 is 14.6 Å². The molecule has 0 radical (unpaired) electrons. The predicted octanol–water partition coefficient (Wildman–Crippen LogP) is 1.82. The van der Waals surface area contributed by atoms with Gasteiger partial charge in [-0.05, 0) is 18.1 Å². The summed E-state index contributed by atoms with van der Waals surface area (Å²) in [6, 6.07) is 2.94.